The Morgan fingerprint density at radius 1 is 1.38 bits per heavy atom. The molecule has 0 aliphatic rings. The molecule has 4 rings (SSSR count). The standard InChI is InChI=1S/C16H14N6OS/c1-21-11(4-6-19-21)10-22-7-8-24-16(22)20-15(23)13-9-18-14-12(13)3-2-5-17-14/h2-9H,10H2,1H3,(H,17,18)/b20-16-. The van der Waals surface area contributed by atoms with Gasteiger partial charge in [0.15, 0.2) is 4.80 Å². The number of nitrogens with zero attached hydrogens (tertiary/aromatic N) is 5. The van der Waals surface area contributed by atoms with Crippen molar-refractivity contribution in [3.8, 4) is 0 Å². The number of nitrogens with one attached hydrogen (secondary N) is 1. The minimum Gasteiger partial charge on any atom is -0.345 e. The number of carbonyl (C=O) groups is 1. The number of aromatic amines is 1. The van der Waals surface area contributed by atoms with Gasteiger partial charge in [-0.05, 0) is 18.2 Å². The third kappa shape index (κ3) is 2.56. The Labute approximate surface area is 140 Å². The van der Waals surface area contributed by atoms with Crippen molar-refractivity contribution in [1.82, 2.24) is 24.3 Å². The van der Waals surface area contributed by atoms with Crippen molar-refractivity contribution in [3.05, 3.63) is 64.4 Å². The number of aryl methyl sites for hydroxylation is 1. The summed E-state index contributed by atoms with van der Waals surface area (Å²) in [4.78, 5) is 24.7. The van der Waals surface area contributed by atoms with E-state index < -0.39 is 0 Å². The van der Waals surface area contributed by atoms with Crippen LogP contribution in [0, 0.1) is 0 Å². The van der Waals surface area contributed by atoms with Crippen LogP contribution in [0.15, 0.2) is 53.4 Å². The molecule has 120 valence electrons. The van der Waals surface area contributed by atoms with Crippen molar-refractivity contribution in [2.45, 2.75) is 6.54 Å². The predicted molar refractivity (Wildman–Crippen MR) is 90.6 cm³/mol. The molecular weight excluding hydrogens is 324 g/mol. The van der Waals surface area contributed by atoms with Gasteiger partial charge < -0.3 is 9.55 Å². The van der Waals surface area contributed by atoms with Crippen LogP contribution < -0.4 is 4.80 Å². The van der Waals surface area contributed by atoms with Crippen molar-refractivity contribution < 1.29 is 4.79 Å². The van der Waals surface area contributed by atoms with Gasteiger partial charge in [-0.3, -0.25) is 9.48 Å². The van der Waals surface area contributed by atoms with Crippen LogP contribution in [-0.4, -0.2) is 30.2 Å². The maximum absolute atomic E-state index is 12.6. The molecule has 4 aromatic heterocycles. The van der Waals surface area contributed by atoms with Gasteiger partial charge in [0.25, 0.3) is 5.91 Å². The van der Waals surface area contributed by atoms with Crippen LogP contribution in [0.1, 0.15) is 16.1 Å². The molecule has 0 radical (unpaired) electrons. The van der Waals surface area contributed by atoms with E-state index in [1.54, 1.807) is 24.7 Å². The summed E-state index contributed by atoms with van der Waals surface area (Å²) in [6.07, 6.45) is 7.01. The summed E-state index contributed by atoms with van der Waals surface area (Å²) in [5, 5.41) is 6.86. The molecule has 0 aromatic carbocycles. The largest absolute Gasteiger partial charge is 0.345 e. The summed E-state index contributed by atoms with van der Waals surface area (Å²) in [7, 11) is 1.89. The molecule has 0 atom stereocenters. The second kappa shape index (κ2) is 5.89. The van der Waals surface area contributed by atoms with Gasteiger partial charge in [0.05, 0.1) is 17.8 Å². The number of pyridine rings is 1. The van der Waals surface area contributed by atoms with E-state index >= 15 is 0 Å². The third-order valence-electron chi connectivity index (χ3n) is 3.79. The van der Waals surface area contributed by atoms with E-state index in [4.69, 9.17) is 0 Å². The van der Waals surface area contributed by atoms with Crippen LogP contribution in [0.5, 0.6) is 0 Å². The van der Waals surface area contributed by atoms with E-state index in [-0.39, 0.29) is 5.91 Å². The molecular formula is C16H14N6OS. The van der Waals surface area contributed by atoms with E-state index in [0.29, 0.717) is 22.6 Å². The summed E-state index contributed by atoms with van der Waals surface area (Å²) in [6, 6.07) is 5.61. The average molecular weight is 338 g/mol. The summed E-state index contributed by atoms with van der Waals surface area (Å²) in [5.74, 6) is -0.282. The normalized spacial score (nSPS) is 12.1. The van der Waals surface area contributed by atoms with Crippen LogP contribution in [-0.2, 0) is 13.6 Å². The monoisotopic (exact) mass is 338 g/mol. The van der Waals surface area contributed by atoms with Crippen LogP contribution >= 0.6 is 11.3 Å². The van der Waals surface area contributed by atoms with Crippen molar-refractivity contribution in [2.75, 3.05) is 0 Å². The first kappa shape index (κ1) is 14.6. The molecule has 4 heterocycles. The van der Waals surface area contributed by atoms with Gasteiger partial charge in [0, 0.05) is 42.6 Å². The lowest BCUT2D eigenvalue weighted by molar-refractivity contribution is 0.0999. The zero-order chi connectivity index (χ0) is 16.5. The van der Waals surface area contributed by atoms with Crippen LogP contribution in [0.4, 0.5) is 0 Å². The molecule has 0 unspecified atom stereocenters. The van der Waals surface area contributed by atoms with Gasteiger partial charge in [-0.2, -0.15) is 10.1 Å². The fourth-order valence-electron chi connectivity index (χ4n) is 2.52. The maximum atomic E-state index is 12.6. The Hall–Kier alpha value is -3.00. The van der Waals surface area contributed by atoms with Gasteiger partial charge in [-0.1, -0.05) is 0 Å². The van der Waals surface area contributed by atoms with Gasteiger partial charge in [0.2, 0.25) is 0 Å². The number of hydrogen-bond donors (Lipinski definition) is 1. The predicted octanol–water partition coefficient (Wildman–Crippen LogP) is 1.95. The highest BCUT2D eigenvalue weighted by molar-refractivity contribution is 7.07. The maximum Gasteiger partial charge on any atom is 0.281 e. The fraction of sp³-hybridized carbons (Fsp3) is 0.125. The highest BCUT2D eigenvalue weighted by Crippen LogP contribution is 2.16. The molecule has 0 aliphatic heterocycles. The molecule has 0 fully saturated rings. The quantitative estimate of drug-likeness (QED) is 0.620. The van der Waals surface area contributed by atoms with E-state index in [0.717, 1.165) is 11.1 Å². The second-order valence-corrected chi connectivity index (χ2v) is 6.15. The Morgan fingerprint density at radius 3 is 3.12 bits per heavy atom. The van der Waals surface area contributed by atoms with Gasteiger partial charge in [-0.25, -0.2) is 4.98 Å². The minimum absolute atomic E-state index is 0.282. The molecule has 24 heavy (non-hydrogen) atoms. The van der Waals surface area contributed by atoms with Crippen molar-refractivity contribution in [1.29, 1.82) is 0 Å². The summed E-state index contributed by atoms with van der Waals surface area (Å²) >= 11 is 1.43. The smallest absolute Gasteiger partial charge is 0.281 e. The summed E-state index contributed by atoms with van der Waals surface area (Å²) < 4.78 is 3.74. The minimum atomic E-state index is -0.282. The summed E-state index contributed by atoms with van der Waals surface area (Å²) in [5.41, 5.74) is 2.25. The Bertz CT molecular complexity index is 1080. The first-order chi connectivity index (χ1) is 11.7. The van der Waals surface area contributed by atoms with Gasteiger partial charge >= 0.3 is 0 Å². The van der Waals surface area contributed by atoms with Crippen LogP contribution in [0.25, 0.3) is 11.0 Å². The fourth-order valence-corrected chi connectivity index (χ4v) is 3.24. The number of carbonyl (C=O) groups excluding carboxylic acids is 1. The first-order valence-electron chi connectivity index (χ1n) is 7.34. The Kier molecular flexibility index (Phi) is 3.58. The third-order valence-corrected chi connectivity index (χ3v) is 4.59. The zero-order valence-electron chi connectivity index (χ0n) is 12.9. The number of fused-ring (bicyclic) bond motifs is 1. The zero-order valence-corrected chi connectivity index (χ0v) is 13.7. The Balaban J connectivity index is 1.70. The molecule has 1 amide bonds. The molecule has 0 bridgehead atoms. The van der Waals surface area contributed by atoms with Crippen LogP contribution in [0.3, 0.4) is 0 Å². The first-order valence-corrected chi connectivity index (χ1v) is 8.22. The molecule has 1 N–H and O–H groups in total. The highest BCUT2D eigenvalue weighted by Gasteiger charge is 2.12. The van der Waals surface area contributed by atoms with Gasteiger partial charge in [0.1, 0.15) is 5.65 Å². The van der Waals surface area contributed by atoms with E-state index in [1.165, 1.54) is 11.3 Å². The molecule has 0 saturated carbocycles. The molecule has 4 aromatic rings. The Morgan fingerprint density at radius 2 is 2.29 bits per heavy atom. The highest BCUT2D eigenvalue weighted by atomic mass is 32.1. The van der Waals surface area contributed by atoms with E-state index in [9.17, 15) is 4.79 Å². The number of rotatable bonds is 3. The number of H-pyrrole nitrogens is 1. The lowest BCUT2D eigenvalue weighted by Crippen LogP contribution is -2.18. The topological polar surface area (TPSA) is 80.9 Å². The second-order valence-electron chi connectivity index (χ2n) is 5.28. The molecule has 7 nitrogen and oxygen atoms in total. The lowest BCUT2D eigenvalue weighted by atomic mass is 10.2. The molecule has 8 heteroatoms. The molecule has 0 saturated heterocycles. The SMILES string of the molecule is Cn1nccc1Cn1ccs/c1=N\C(=O)c1c[nH]c2ncccc12. The number of thiazole rings is 1. The number of hydrogen-bond acceptors (Lipinski definition) is 4. The average Bonchev–Trinajstić information content (AvgIpc) is 3.29. The number of amides is 1. The van der Waals surface area contributed by atoms with Crippen molar-refractivity contribution >= 4 is 28.3 Å². The molecule has 0 spiro atoms. The summed E-state index contributed by atoms with van der Waals surface area (Å²) in [6.45, 7) is 0.613. The van der Waals surface area contributed by atoms with Gasteiger partial charge in [-0.15, -0.1) is 11.3 Å². The lowest BCUT2D eigenvalue weighted by Gasteiger charge is -2.03. The van der Waals surface area contributed by atoms with E-state index in [2.05, 4.69) is 20.1 Å². The number of aromatic nitrogens is 5. The van der Waals surface area contributed by atoms with Crippen molar-refractivity contribution in [2.24, 2.45) is 12.0 Å². The van der Waals surface area contributed by atoms with Crippen molar-refractivity contribution in [3.63, 3.8) is 0 Å². The van der Waals surface area contributed by atoms with E-state index in [1.807, 2.05) is 40.0 Å². The van der Waals surface area contributed by atoms with Crippen LogP contribution in [0.2, 0.25) is 0 Å². The molecule has 0 aliphatic carbocycles.